The second-order valence-electron chi connectivity index (χ2n) is 9.95. The van der Waals surface area contributed by atoms with Crippen LogP contribution in [0.25, 0.3) is 10.9 Å². The number of nitrogens with zero attached hydrogens (tertiary/aromatic N) is 2. The summed E-state index contributed by atoms with van der Waals surface area (Å²) < 4.78 is 58.1. The molecule has 0 fully saturated rings. The quantitative estimate of drug-likeness (QED) is 0.131. The first kappa shape index (κ1) is 31.8. The van der Waals surface area contributed by atoms with Crippen molar-refractivity contribution in [3.05, 3.63) is 100 Å². The molecular weight excluding hydrogens is 588 g/mol. The minimum Gasteiger partial charge on any atom is -0.385 e. The van der Waals surface area contributed by atoms with Gasteiger partial charge in [-0.3, -0.25) is 4.79 Å². The third-order valence-corrected chi connectivity index (χ3v) is 7.18. The van der Waals surface area contributed by atoms with Crippen molar-refractivity contribution in [2.24, 2.45) is 0 Å². The van der Waals surface area contributed by atoms with Crippen LogP contribution in [0.15, 0.2) is 72.9 Å². The third-order valence-electron chi connectivity index (χ3n) is 6.89. The number of amides is 3. The number of hydrogen-bond donors (Lipinski definition) is 2. The average molecular weight is 619 g/mol. The van der Waals surface area contributed by atoms with Crippen LogP contribution in [0.5, 0.6) is 0 Å². The molecule has 0 spiro atoms. The first-order chi connectivity index (χ1) is 20.5. The highest BCUT2D eigenvalue weighted by atomic mass is 35.5. The minimum atomic E-state index is -4.48. The van der Waals surface area contributed by atoms with Crippen LogP contribution < -0.4 is 5.32 Å². The van der Waals surface area contributed by atoms with Gasteiger partial charge in [0.15, 0.2) is 0 Å². The predicted molar refractivity (Wildman–Crippen MR) is 157 cm³/mol. The number of rotatable bonds is 12. The van der Waals surface area contributed by atoms with Crippen LogP contribution in [0.3, 0.4) is 0 Å². The second-order valence-corrected chi connectivity index (χ2v) is 10.4. The molecule has 2 N–H and O–H groups in total. The smallest absolute Gasteiger partial charge is 0.385 e. The summed E-state index contributed by atoms with van der Waals surface area (Å²) in [6.07, 6.45) is -1.70. The van der Waals surface area contributed by atoms with Crippen LogP contribution in [-0.2, 0) is 28.7 Å². The molecular formula is C31H31ClF4N4O3. The number of nitrogens with one attached hydrogen (secondary N) is 2. The number of halogens is 5. The molecule has 0 saturated heterocycles. The molecule has 0 aliphatic heterocycles. The van der Waals surface area contributed by atoms with Gasteiger partial charge in [0.1, 0.15) is 12.4 Å². The molecule has 3 aromatic carbocycles. The fourth-order valence-corrected chi connectivity index (χ4v) is 4.78. The Morgan fingerprint density at radius 2 is 1.74 bits per heavy atom. The van der Waals surface area contributed by atoms with Crippen LogP contribution >= 0.6 is 11.6 Å². The van der Waals surface area contributed by atoms with Crippen LogP contribution in [0.4, 0.5) is 28.0 Å². The zero-order valence-electron chi connectivity index (χ0n) is 23.4. The maximum absolute atomic E-state index is 13.7. The van der Waals surface area contributed by atoms with Crippen molar-refractivity contribution in [1.29, 1.82) is 0 Å². The summed E-state index contributed by atoms with van der Waals surface area (Å²) in [7, 11) is 1.52. The number of anilines is 1. The Balaban J connectivity index is 1.54. The topological polar surface area (TPSA) is 77.7 Å². The van der Waals surface area contributed by atoms with Gasteiger partial charge in [0.25, 0.3) is 0 Å². The Labute approximate surface area is 251 Å². The van der Waals surface area contributed by atoms with E-state index in [1.54, 1.807) is 0 Å². The normalized spacial score (nSPS) is 11.5. The molecule has 4 aromatic rings. The van der Waals surface area contributed by atoms with Crippen molar-refractivity contribution in [2.45, 2.75) is 25.6 Å². The first-order valence-corrected chi connectivity index (χ1v) is 13.9. The fourth-order valence-electron chi connectivity index (χ4n) is 4.60. The lowest BCUT2D eigenvalue weighted by atomic mass is 10.1. The highest BCUT2D eigenvalue weighted by Gasteiger charge is 2.30. The van der Waals surface area contributed by atoms with E-state index < -0.39 is 29.5 Å². The molecule has 4 rings (SSSR count). The summed E-state index contributed by atoms with van der Waals surface area (Å²) in [6.45, 7) is 0.509. The Kier molecular flexibility index (Phi) is 10.7. The van der Waals surface area contributed by atoms with Gasteiger partial charge in [0.2, 0.25) is 5.91 Å². The van der Waals surface area contributed by atoms with Crippen LogP contribution in [0.1, 0.15) is 23.1 Å². The van der Waals surface area contributed by atoms with E-state index >= 15 is 0 Å². The Bertz CT molecular complexity index is 1540. The van der Waals surface area contributed by atoms with Gasteiger partial charge < -0.3 is 24.8 Å². The van der Waals surface area contributed by atoms with Gasteiger partial charge in [0, 0.05) is 56.1 Å². The summed E-state index contributed by atoms with van der Waals surface area (Å²) in [5.74, 6) is -1.04. The number of fused-ring (bicyclic) bond motifs is 1. The number of urea groups is 1. The van der Waals surface area contributed by atoms with Gasteiger partial charge in [-0.05, 0) is 60.4 Å². The van der Waals surface area contributed by atoms with Crippen LogP contribution in [0.2, 0.25) is 5.02 Å². The van der Waals surface area contributed by atoms with Crippen LogP contribution in [-0.4, -0.2) is 60.1 Å². The van der Waals surface area contributed by atoms with E-state index in [0.717, 1.165) is 34.7 Å². The molecule has 0 atom stereocenters. The molecule has 0 saturated carbocycles. The maximum Gasteiger partial charge on any atom is 0.416 e. The van der Waals surface area contributed by atoms with Gasteiger partial charge in [0.05, 0.1) is 10.6 Å². The number of benzene rings is 3. The number of hydrogen-bond acceptors (Lipinski definition) is 3. The van der Waals surface area contributed by atoms with E-state index in [4.69, 9.17) is 16.3 Å². The molecule has 1 aromatic heterocycles. The molecule has 228 valence electrons. The summed E-state index contributed by atoms with van der Waals surface area (Å²) >= 11 is 5.85. The number of H-pyrrole nitrogens is 1. The highest BCUT2D eigenvalue weighted by molar-refractivity contribution is 6.31. The van der Waals surface area contributed by atoms with Crippen LogP contribution in [0, 0.1) is 5.82 Å². The Hall–Kier alpha value is -4.09. The number of carbonyl (C=O) groups is 2. The Morgan fingerprint density at radius 1 is 1.00 bits per heavy atom. The summed E-state index contributed by atoms with van der Waals surface area (Å²) in [5, 5.41) is 3.48. The number of methoxy groups -OCH3 is 1. The highest BCUT2D eigenvalue weighted by Crippen LogP contribution is 2.29. The average Bonchev–Trinajstić information content (AvgIpc) is 3.39. The molecule has 0 unspecified atom stereocenters. The van der Waals surface area contributed by atoms with Gasteiger partial charge in [-0.2, -0.15) is 13.2 Å². The lowest BCUT2D eigenvalue weighted by Gasteiger charge is -2.28. The minimum absolute atomic E-state index is 0.0421. The van der Waals surface area contributed by atoms with E-state index in [9.17, 15) is 27.2 Å². The van der Waals surface area contributed by atoms with Crippen molar-refractivity contribution < 1.29 is 31.9 Å². The summed E-state index contributed by atoms with van der Waals surface area (Å²) in [4.78, 5) is 32.9. The molecule has 7 nitrogen and oxygen atoms in total. The van der Waals surface area contributed by atoms with E-state index in [1.807, 2.05) is 30.5 Å². The van der Waals surface area contributed by atoms with Gasteiger partial charge in [-0.15, -0.1) is 0 Å². The molecule has 43 heavy (non-hydrogen) atoms. The van der Waals surface area contributed by atoms with Crippen molar-refractivity contribution in [3.63, 3.8) is 0 Å². The first-order valence-electron chi connectivity index (χ1n) is 13.5. The molecule has 12 heteroatoms. The standard InChI is InChI=1S/C31H31ClF4N4O3/c1-43-16-4-14-40(30(42)38-24-11-12-27(33)26(32)17-24)20-29(41)39(19-21-7-9-23(10-8-21)31(34,35)36)15-13-22-18-37-28-6-3-2-5-25(22)28/h2-3,5-12,17-18,37H,4,13-16,19-20H2,1H3,(H,38,42). The van der Waals surface area contributed by atoms with Crippen molar-refractivity contribution in [2.75, 3.05) is 38.7 Å². The predicted octanol–water partition coefficient (Wildman–Crippen LogP) is 7.12. The third kappa shape index (κ3) is 8.71. The van der Waals surface area contributed by atoms with Crippen molar-refractivity contribution in [1.82, 2.24) is 14.8 Å². The van der Waals surface area contributed by atoms with E-state index in [1.165, 1.54) is 41.2 Å². The van der Waals surface area contributed by atoms with Gasteiger partial charge in [-0.25, -0.2) is 9.18 Å². The summed E-state index contributed by atoms with van der Waals surface area (Å²) in [6, 6.07) is 15.5. The van der Waals surface area contributed by atoms with E-state index in [2.05, 4.69) is 10.3 Å². The molecule has 1 heterocycles. The summed E-state index contributed by atoms with van der Waals surface area (Å²) in [5.41, 5.74) is 1.90. The van der Waals surface area contributed by atoms with Gasteiger partial charge in [-0.1, -0.05) is 41.9 Å². The molecule has 3 amide bonds. The van der Waals surface area contributed by atoms with Crippen molar-refractivity contribution in [3.8, 4) is 0 Å². The zero-order chi connectivity index (χ0) is 31.0. The zero-order valence-corrected chi connectivity index (χ0v) is 24.1. The molecule has 0 aliphatic rings. The number of alkyl halides is 3. The van der Waals surface area contributed by atoms with E-state index in [-0.39, 0.29) is 36.9 Å². The number of ether oxygens (including phenoxy) is 1. The molecule has 0 radical (unpaired) electrons. The number of aromatic amines is 1. The second kappa shape index (κ2) is 14.4. The maximum atomic E-state index is 13.7. The number of para-hydroxylation sites is 1. The molecule has 0 bridgehead atoms. The molecule has 0 aliphatic carbocycles. The van der Waals surface area contributed by atoms with E-state index in [0.29, 0.717) is 25.0 Å². The lowest BCUT2D eigenvalue weighted by Crippen LogP contribution is -2.45. The fraction of sp³-hybridized carbons (Fsp3) is 0.290. The Morgan fingerprint density at radius 3 is 2.44 bits per heavy atom. The van der Waals surface area contributed by atoms with Crippen molar-refractivity contribution >= 4 is 40.1 Å². The number of carbonyl (C=O) groups excluding carboxylic acids is 2. The van der Waals surface area contributed by atoms with Gasteiger partial charge >= 0.3 is 12.2 Å². The monoisotopic (exact) mass is 618 g/mol. The number of aromatic nitrogens is 1. The SMILES string of the molecule is COCCCN(CC(=O)N(CCc1c[nH]c2ccccc12)Cc1ccc(C(F)(F)F)cc1)C(=O)Nc1ccc(F)c(Cl)c1. The lowest BCUT2D eigenvalue weighted by molar-refractivity contribution is -0.137. The largest absolute Gasteiger partial charge is 0.416 e.